The van der Waals surface area contributed by atoms with E-state index in [9.17, 15) is 13.2 Å². The van der Waals surface area contributed by atoms with Gasteiger partial charge in [-0.05, 0) is 31.0 Å². The molecule has 1 atom stereocenters. The number of aryl methyl sites for hydroxylation is 1. The molecule has 1 N–H and O–H groups in total. The first-order valence-corrected chi connectivity index (χ1v) is 10.4. The second-order valence-electron chi connectivity index (χ2n) is 6.58. The lowest BCUT2D eigenvalue weighted by molar-refractivity contribution is 0.391. The average molecular weight is 408 g/mol. The van der Waals surface area contributed by atoms with E-state index in [2.05, 4.69) is 9.82 Å². The topological polar surface area (TPSA) is 103 Å². The number of sulfonamides is 1. The van der Waals surface area contributed by atoms with Crippen LogP contribution < -0.4 is 24.7 Å². The van der Waals surface area contributed by atoms with E-state index in [-0.39, 0.29) is 22.2 Å². The van der Waals surface area contributed by atoms with E-state index < -0.39 is 10.0 Å². The number of aromatic nitrogens is 2. The number of rotatable bonds is 6. The Bertz CT molecular complexity index is 1010. The van der Waals surface area contributed by atoms with Crippen LogP contribution in [0.2, 0.25) is 0 Å². The SMILES string of the molecule is COc1ccc(OC)c(S(=O)(=O)NC2CCCN(c3ccc(=O)n(C)n3)C2)c1. The minimum absolute atomic E-state index is 0.0340. The van der Waals surface area contributed by atoms with Gasteiger partial charge >= 0.3 is 0 Å². The molecule has 1 aliphatic rings. The molecule has 1 aromatic carbocycles. The lowest BCUT2D eigenvalue weighted by Gasteiger charge is -2.33. The van der Waals surface area contributed by atoms with E-state index >= 15 is 0 Å². The standard InChI is InChI=1S/C18H24N4O5S/c1-21-18(23)9-8-17(19-21)22-10-4-5-13(12-22)20-28(24,25)16-11-14(26-2)6-7-15(16)27-3/h6-9,11,13,20H,4-5,10,12H2,1-3H3. The fourth-order valence-electron chi connectivity index (χ4n) is 3.22. The number of ether oxygens (including phenoxy) is 2. The van der Waals surface area contributed by atoms with Crippen molar-refractivity contribution in [2.24, 2.45) is 7.05 Å². The summed E-state index contributed by atoms with van der Waals surface area (Å²) in [7, 11) is 0.677. The Morgan fingerprint density at radius 3 is 2.64 bits per heavy atom. The van der Waals surface area contributed by atoms with Crippen LogP contribution in [-0.2, 0) is 17.1 Å². The quantitative estimate of drug-likeness (QED) is 0.752. The zero-order chi connectivity index (χ0) is 20.3. The lowest BCUT2D eigenvalue weighted by atomic mass is 10.1. The first-order valence-electron chi connectivity index (χ1n) is 8.87. The van der Waals surface area contributed by atoms with Gasteiger partial charge in [0.1, 0.15) is 22.2 Å². The Kier molecular flexibility index (Phi) is 5.90. The van der Waals surface area contributed by atoms with E-state index in [0.717, 1.165) is 13.0 Å². The summed E-state index contributed by atoms with van der Waals surface area (Å²) in [5, 5.41) is 4.25. The average Bonchev–Trinajstić information content (AvgIpc) is 2.69. The minimum atomic E-state index is -3.81. The summed E-state index contributed by atoms with van der Waals surface area (Å²) in [5.74, 6) is 1.33. The summed E-state index contributed by atoms with van der Waals surface area (Å²) < 4.78 is 40.3. The van der Waals surface area contributed by atoms with E-state index in [1.54, 1.807) is 25.2 Å². The minimum Gasteiger partial charge on any atom is -0.497 e. The summed E-state index contributed by atoms with van der Waals surface area (Å²) >= 11 is 0. The number of anilines is 1. The van der Waals surface area contributed by atoms with Gasteiger partial charge in [0, 0.05) is 38.3 Å². The number of hydrogen-bond acceptors (Lipinski definition) is 7. The van der Waals surface area contributed by atoms with Crippen molar-refractivity contribution in [2.75, 3.05) is 32.2 Å². The Morgan fingerprint density at radius 1 is 1.18 bits per heavy atom. The molecule has 2 heterocycles. The molecule has 0 saturated carbocycles. The Balaban J connectivity index is 1.80. The third-order valence-electron chi connectivity index (χ3n) is 4.67. The van der Waals surface area contributed by atoms with Crippen molar-refractivity contribution >= 4 is 15.8 Å². The highest BCUT2D eigenvalue weighted by Crippen LogP contribution is 2.29. The number of piperidine rings is 1. The highest BCUT2D eigenvalue weighted by atomic mass is 32.2. The molecule has 1 aromatic heterocycles. The van der Waals surface area contributed by atoms with Gasteiger partial charge in [-0.3, -0.25) is 4.79 Å². The number of benzene rings is 1. The van der Waals surface area contributed by atoms with Crippen LogP contribution in [0.4, 0.5) is 5.82 Å². The van der Waals surface area contributed by atoms with Gasteiger partial charge in [-0.15, -0.1) is 0 Å². The molecule has 0 amide bonds. The molecule has 9 nitrogen and oxygen atoms in total. The predicted molar refractivity (Wildman–Crippen MR) is 105 cm³/mol. The molecular weight excluding hydrogens is 384 g/mol. The van der Waals surface area contributed by atoms with Crippen LogP contribution in [-0.4, -0.2) is 51.5 Å². The van der Waals surface area contributed by atoms with Gasteiger partial charge in [0.25, 0.3) is 5.56 Å². The Morgan fingerprint density at radius 2 is 1.96 bits per heavy atom. The number of nitrogens with one attached hydrogen (secondary N) is 1. The van der Waals surface area contributed by atoms with Crippen molar-refractivity contribution in [3.63, 3.8) is 0 Å². The van der Waals surface area contributed by atoms with E-state index in [1.807, 2.05) is 4.90 Å². The van der Waals surface area contributed by atoms with Gasteiger partial charge < -0.3 is 14.4 Å². The van der Waals surface area contributed by atoms with Gasteiger partial charge in [-0.25, -0.2) is 17.8 Å². The van der Waals surface area contributed by atoms with E-state index in [0.29, 0.717) is 24.5 Å². The Hall–Kier alpha value is -2.59. The zero-order valence-electron chi connectivity index (χ0n) is 16.1. The van der Waals surface area contributed by atoms with Crippen LogP contribution in [0.3, 0.4) is 0 Å². The zero-order valence-corrected chi connectivity index (χ0v) is 16.9. The molecule has 152 valence electrons. The second kappa shape index (κ2) is 8.19. The third kappa shape index (κ3) is 4.28. The summed E-state index contributed by atoms with van der Waals surface area (Å²) in [5.41, 5.74) is -0.192. The molecule has 1 saturated heterocycles. The molecule has 1 aliphatic heterocycles. The molecule has 1 fully saturated rings. The van der Waals surface area contributed by atoms with E-state index in [4.69, 9.17) is 9.47 Å². The maximum Gasteiger partial charge on any atom is 0.266 e. The van der Waals surface area contributed by atoms with E-state index in [1.165, 1.54) is 31.0 Å². The van der Waals surface area contributed by atoms with Gasteiger partial charge in [-0.2, -0.15) is 5.10 Å². The summed E-state index contributed by atoms with van der Waals surface area (Å²) in [6, 6.07) is 7.46. The Labute approximate surface area is 163 Å². The molecule has 28 heavy (non-hydrogen) atoms. The van der Waals surface area contributed by atoms with Crippen LogP contribution in [0.15, 0.2) is 40.0 Å². The molecule has 0 bridgehead atoms. The molecule has 0 aliphatic carbocycles. The predicted octanol–water partition coefficient (Wildman–Crippen LogP) is 0.745. The number of methoxy groups -OCH3 is 2. The van der Waals surface area contributed by atoms with Gasteiger partial charge in [0.2, 0.25) is 10.0 Å². The highest BCUT2D eigenvalue weighted by molar-refractivity contribution is 7.89. The monoisotopic (exact) mass is 408 g/mol. The van der Waals surface area contributed by atoms with Crippen LogP contribution in [0.5, 0.6) is 11.5 Å². The summed E-state index contributed by atoms with van der Waals surface area (Å²) in [6.07, 6.45) is 1.50. The van der Waals surface area contributed by atoms with Crippen molar-refractivity contribution in [1.82, 2.24) is 14.5 Å². The first-order chi connectivity index (χ1) is 13.3. The number of nitrogens with zero attached hydrogens (tertiary/aromatic N) is 3. The molecule has 1 unspecified atom stereocenters. The lowest BCUT2D eigenvalue weighted by Crippen LogP contribution is -2.48. The summed E-state index contributed by atoms with van der Waals surface area (Å²) in [6.45, 7) is 1.20. The van der Waals surface area contributed by atoms with Crippen LogP contribution >= 0.6 is 0 Å². The molecule has 2 aromatic rings. The van der Waals surface area contributed by atoms with Crippen molar-refractivity contribution in [3.8, 4) is 11.5 Å². The molecule has 3 rings (SSSR count). The number of hydrogen-bond donors (Lipinski definition) is 1. The van der Waals surface area contributed by atoms with Gasteiger partial charge in [0.05, 0.1) is 14.2 Å². The first kappa shape index (κ1) is 20.2. The smallest absolute Gasteiger partial charge is 0.266 e. The third-order valence-corrected chi connectivity index (χ3v) is 6.22. The van der Waals surface area contributed by atoms with Crippen LogP contribution in [0.1, 0.15) is 12.8 Å². The van der Waals surface area contributed by atoms with Crippen molar-refractivity contribution in [1.29, 1.82) is 0 Å². The molecule has 10 heteroatoms. The normalized spacial score (nSPS) is 17.4. The largest absolute Gasteiger partial charge is 0.497 e. The second-order valence-corrected chi connectivity index (χ2v) is 8.26. The fraction of sp³-hybridized carbons (Fsp3) is 0.444. The van der Waals surface area contributed by atoms with Crippen molar-refractivity contribution in [2.45, 2.75) is 23.8 Å². The van der Waals surface area contributed by atoms with Crippen molar-refractivity contribution in [3.05, 3.63) is 40.7 Å². The maximum absolute atomic E-state index is 13.0. The molecule has 0 spiro atoms. The maximum atomic E-state index is 13.0. The fourth-order valence-corrected chi connectivity index (χ4v) is 4.66. The van der Waals surface area contributed by atoms with Gasteiger partial charge in [-0.1, -0.05) is 0 Å². The molecular formula is C18H24N4O5S. The van der Waals surface area contributed by atoms with Crippen LogP contribution in [0.25, 0.3) is 0 Å². The van der Waals surface area contributed by atoms with Crippen molar-refractivity contribution < 1.29 is 17.9 Å². The van der Waals surface area contributed by atoms with Gasteiger partial charge in [0.15, 0.2) is 0 Å². The molecule has 0 radical (unpaired) electrons. The van der Waals surface area contributed by atoms with Crippen LogP contribution in [0, 0.1) is 0 Å². The highest BCUT2D eigenvalue weighted by Gasteiger charge is 2.28. The summed E-state index contributed by atoms with van der Waals surface area (Å²) in [4.78, 5) is 13.5.